The van der Waals surface area contributed by atoms with Crippen molar-refractivity contribution in [2.45, 2.75) is 25.5 Å². The zero-order valence-corrected chi connectivity index (χ0v) is 13.0. The molecule has 0 unspecified atom stereocenters. The van der Waals surface area contributed by atoms with Gasteiger partial charge in [0.25, 0.3) is 5.91 Å². The molecule has 1 aliphatic rings. The van der Waals surface area contributed by atoms with Gasteiger partial charge in [-0.25, -0.2) is 4.98 Å². The summed E-state index contributed by atoms with van der Waals surface area (Å²) in [6.45, 7) is 2.78. The first-order valence-corrected chi connectivity index (χ1v) is 7.91. The Labute approximate surface area is 135 Å². The van der Waals surface area contributed by atoms with Crippen molar-refractivity contribution in [3.63, 3.8) is 0 Å². The van der Waals surface area contributed by atoms with E-state index in [9.17, 15) is 4.79 Å². The lowest BCUT2D eigenvalue weighted by molar-refractivity contribution is 0.0237. The van der Waals surface area contributed by atoms with Crippen LogP contribution < -0.4 is 10.1 Å². The van der Waals surface area contributed by atoms with Crippen LogP contribution in [0.15, 0.2) is 42.9 Å². The molecular formula is C17H21N3O3. The Morgan fingerprint density at radius 1 is 1.30 bits per heavy atom. The summed E-state index contributed by atoms with van der Waals surface area (Å²) < 4.78 is 13.1. The first-order chi connectivity index (χ1) is 11.3. The maximum atomic E-state index is 12.1. The molecule has 1 N–H and O–H groups in total. The van der Waals surface area contributed by atoms with E-state index in [2.05, 4.69) is 10.3 Å². The summed E-state index contributed by atoms with van der Waals surface area (Å²) in [5.74, 6) is 0.433. The molecule has 0 atom stereocenters. The number of hydrogen-bond donors (Lipinski definition) is 1. The van der Waals surface area contributed by atoms with Crippen molar-refractivity contribution < 1.29 is 14.3 Å². The van der Waals surface area contributed by atoms with E-state index in [1.54, 1.807) is 18.3 Å². The number of pyridine rings is 1. The quantitative estimate of drug-likeness (QED) is 0.884. The fraction of sp³-hybridized carbons (Fsp3) is 0.412. The number of rotatable bonds is 6. The number of amides is 1. The Balaban J connectivity index is 1.46. The van der Waals surface area contributed by atoms with Gasteiger partial charge in [-0.15, -0.1) is 0 Å². The predicted octanol–water partition coefficient (Wildman–Crippen LogP) is 1.87. The second-order valence-corrected chi connectivity index (χ2v) is 5.49. The van der Waals surface area contributed by atoms with Crippen LogP contribution in [0.5, 0.6) is 5.88 Å². The summed E-state index contributed by atoms with van der Waals surface area (Å²) in [6, 6.07) is 7.41. The lowest BCUT2D eigenvalue weighted by atomic mass is 10.1. The molecule has 3 rings (SSSR count). The van der Waals surface area contributed by atoms with Gasteiger partial charge in [-0.3, -0.25) is 4.79 Å². The molecular weight excluding hydrogens is 294 g/mol. The van der Waals surface area contributed by atoms with Crippen LogP contribution in [-0.2, 0) is 11.3 Å². The van der Waals surface area contributed by atoms with Gasteiger partial charge < -0.3 is 19.4 Å². The highest BCUT2D eigenvalue weighted by molar-refractivity contribution is 5.93. The molecule has 1 fully saturated rings. The number of aromatic nitrogens is 2. The van der Waals surface area contributed by atoms with Crippen LogP contribution in [0, 0.1) is 0 Å². The Kier molecular flexibility index (Phi) is 5.26. The molecule has 1 saturated heterocycles. The van der Waals surface area contributed by atoms with Gasteiger partial charge in [0.1, 0.15) is 6.10 Å². The molecule has 3 heterocycles. The topological polar surface area (TPSA) is 65.4 Å². The van der Waals surface area contributed by atoms with Gasteiger partial charge in [0.2, 0.25) is 5.88 Å². The van der Waals surface area contributed by atoms with E-state index in [1.807, 2.05) is 29.1 Å². The molecule has 1 amide bonds. The van der Waals surface area contributed by atoms with Crippen LogP contribution in [0.2, 0.25) is 0 Å². The molecule has 6 heteroatoms. The number of carbonyl (C=O) groups excluding carboxylic acids is 1. The normalized spacial score (nSPS) is 15.3. The van der Waals surface area contributed by atoms with Crippen LogP contribution in [0.4, 0.5) is 0 Å². The van der Waals surface area contributed by atoms with Gasteiger partial charge in [-0.2, -0.15) is 0 Å². The Bertz CT molecular complexity index is 605. The van der Waals surface area contributed by atoms with Crippen LogP contribution in [0.3, 0.4) is 0 Å². The van der Waals surface area contributed by atoms with Crippen molar-refractivity contribution in [3.8, 4) is 5.88 Å². The zero-order valence-electron chi connectivity index (χ0n) is 13.0. The fourth-order valence-electron chi connectivity index (χ4n) is 2.47. The van der Waals surface area contributed by atoms with Crippen molar-refractivity contribution in [2.75, 3.05) is 19.8 Å². The van der Waals surface area contributed by atoms with Crippen LogP contribution in [-0.4, -0.2) is 41.3 Å². The molecule has 1 aliphatic heterocycles. The van der Waals surface area contributed by atoms with Crippen molar-refractivity contribution >= 4 is 5.91 Å². The number of carbonyl (C=O) groups is 1. The predicted molar refractivity (Wildman–Crippen MR) is 85.5 cm³/mol. The van der Waals surface area contributed by atoms with Crippen molar-refractivity contribution in [1.82, 2.24) is 14.9 Å². The Hall–Kier alpha value is -2.34. The van der Waals surface area contributed by atoms with E-state index in [0.29, 0.717) is 18.0 Å². The van der Waals surface area contributed by atoms with Crippen molar-refractivity contribution in [1.29, 1.82) is 0 Å². The SMILES string of the molecule is O=C(NCCn1cccc1)c1ccc(OC2CCOCC2)nc1. The smallest absolute Gasteiger partial charge is 0.252 e. The minimum Gasteiger partial charge on any atom is -0.474 e. The molecule has 122 valence electrons. The van der Waals surface area contributed by atoms with Gasteiger partial charge in [0.15, 0.2) is 0 Å². The largest absolute Gasteiger partial charge is 0.474 e. The number of nitrogens with zero attached hydrogens (tertiary/aromatic N) is 2. The minimum absolute atomic E-state index is 0.123. The molecule has 0 aromatic carbocycles. The summed E-state index contributed by atoms with van der Waals surface area (Å²) in [5, 5.41) is 2.88. The molecule has 0 radical (unpaired) electrons. The standard InChI is InChI=1S/C17H21N3O3/c21-17(18-7-10-20-8-1-2-9-20)14-3-4-16(19-13-14)23-15-5-11-22-12-6-15/h1-4,8-9,13,15H,5-7,10-12H2,(H,18,21). The number of hydrogen-bond acceptors (Lipinski definition) is 4. The lowest BCUT2D eigenvalue weighted by Crippen LogP contribution is -2.27. The molecule has 23 heavy (non-hydrogen) atoms. The lowest BCUT2D eigenvalue weighted by Gasteiger charge is -2.22. The number of ether oxygens (including phenoxy) is 2. The summed E-state index contributed by atoms with van der Waals surface area (Å²) in [4.78, 5) is 16.3. The first kappa shape index (κ1) is 15.6. The minimum atomic E-state index is -0.123. The third-order valence-electron chi connectivity index (χ3n) is 3.78. The van der Waals surface area contributed by atoms with Crippen LogP contribution >= 0.6 is 0 Å². The molecule has 6 nitrogen and oxygen atoms in total. The summed E-state index contributed by atoms with van der Waals surface area (Å²) in [6.07, 6.45) is 7.40. The van der Waals surface area contributed by atoms with Gasteiger partial charge in [-0.1, -0.05) is 0 Å². The highest BCUT2D eigenvalue weighted by atomic mass is 16.5. The van der Waals surface area contributed by atoms with Crippen LogP contribution in [0.1, 0.15) is 23.2 Å². The van der Waals surface area contributed by atoms with E-state index in [4.69, 9.17) is 9.47 Å². The highest BCUT2D eigenvalue weighted by Crippen LogP contribution is 2.15. The van der Waals surface area contributed by atoms with Crippen molar-refractivity contribution in [3.05, 3.63) is 48.4 Å². The van der Waals surface area contributed by atoms with Gasteiger partial charge in [0.05, 0.1) is 18.8 Å². The Morgan fingerprint density at radius 2 is 2.09 bits per heavy atom. The highest BCUT2D eigenvalue weighted by Gasteiger charge is 2.16. The molecule has 0 spiro atoms. The van der Waals surface area contributed by atoms with E-state index in [-0.39, 0.29) is 12.0 Å². The van der Waals surface area contributed by atoms with Gasteiger partial charge in [-0.05, 0) is 18.2 Å². The number of nitrogens with one attached hydrogen (secondary N) is 1. The summed E-state index contributed by atoms with van der Waals surface area (Å²) in [7, 11) is 0. The third-order valence-corrected chi connectivity index (χ3v) is 3.78. The van der Waals surface area contributed by atoms with Gasteiger partial charge in [0, 0.05) is 50.6 Å². The Morgan fingerprint density at radius 3 is 2.78 bits per heavy atom. The van der Waals surface area contributed by atoms with Crippen LogP contribution in [0.25, 0.3) is 0 Å². The second-order valence-electron chi connectivity index (χ2n) is 5.49. The molecule has 0 saturated carbocycles. The second kappa shape index (κ2) is 7.78. The summed E-state index contributed by atoms with van der Waals surface area (Å²) >= 11 is 0. The maximum absolute atomic E-state index is 12.1. The average Bonchev–Trinajstić information content (AvgIpc) is 3.10. The van der Waals surface area contributed by atoms with Gasteiger partial charge >= 0.3 is 0 Å². The summed E-state index contributed by atoms with van der Waals surface area (Å²) in [5.41, 5.74) is 0.539. The zero-order chi connectivity index (χ0) is 15.9. The van der Waals surface area contributed by atoms with E-state index < -0.39 is 0 Å². The molecule has 0 aliphatic carbocycles. The molecule has 2 aromatic rings. The maximum Gasteiger partial charge on any atom is 0.252 e. The van der Waals surface area contributed by atoms with E-state index in [0.717, 1.165) is 32.6 Å². The first-order valence-electron chi connectivity index (χ1n) is 7.91. The molecule has 0 bridgehead atoms. The third kappa shape index (κ3) is 4.56. The monoisotopic (exact) mass is 315 g/mol. The van der Waals surface area contributed by atoms with E-state index >= 15 is 0 Å². The molecule has 2 aromatic heterocycles. The fourth-order valence-corrected chi connectivity index (χ4v) is 2.47. The van der Waals surface area contributed by atoms with E-state index in [1.165, 1.54) is 0 Å². The average molecular weight is 315 g/mol. The van der Waals surface area contributed by atoms with Crippen molar-refractivity contribution in [2.24, 2.45) is 0 Å².